The molecule has 0 radical (unpaired) electrons. The highest BCUT2D eigenvalue weighted by atomic mass is 79.9. The molecule has 0 spiro atoms. The second kappa shape index (κ2) is 8.28. The minimum Gasteiger partial charge on any atom is -0.482 e. The van der Waals surface area contributed by atoms with Crippen molar-refractivity contribution in [1.82, 2.24) is 9.78 Å². The van der Waals surface area contributed by atoms with Gasteiger partial charge in [-0.05, 0) is 55.8 Å². The van der Waals surface area contributed by atoms with E-state index in [1.54, 1.807) is 24.6 Å². The Morgan fingerprint density at radius 1 is 1.17 bits per heavy atom. The second-order valence-corrected chi connectivity index (χ2v) is 7.31. The standard InChI is InChI=1S/C20H17BrF3N3O2/c1-12-3-8-17(18(9-12)29-11-20(22,23)24)26-19(28)16-10-25-27(13(16)2)15-6-4-14(21)5-7-15/h3-10H,11H2,1-2H3,(H,26,28). The van der Waals surface area contributed by atoms with E-state index in [-0.39, 0.29) is 11.4 Å². The molecular formula is C20H17BrF3N3O2. The third kappa shape index (κ3) is 5.17. The van der Waals surface area contributed by atoms with Gasteiger partial charge in [-0.3, -0.25) is 4.79 Å². The van der Waals surface area contributed by atoms with Crippen LogP contribution in [0.25, 0.3) is 5.69 Å². The monoisotopic (exact) mass is 467 g/mol. The molecule has 0 bridgehead atoms. The van der Waals surface area contributed by atoms with Crippen molar-refractivity contribution in [1.29, 1.82) is 0 Å². The quantitative estimate of drug-likeness (QED) is 0.543. The molecule has 0 aliphatic heterocycles. The minimum atomic E-state index is -4.48. The number of carbonyl (C=O) groups is 1. The maximum Gasteiger partial charge on any atom is 0.422 e. The average Bonchev–Trinajstić information content (AvgIpc) is 3.03. The fourth-order valence-corrected chi connectivity index (χ4v) is 2.94. The van der Waals surface area contributed by atoms with E-state index in [0.717, 1.165) is 10.2 Å². The van der Waals surface area contributed by atoms with Gasteiger partial charge in [-0.2, -0.15) is 18.3 Å². The summed E-state index contributed by atoms with van der Waals surface area (Å²) in [6, 6.07) is 12.0. The predicted octanol–water partition coefficient (Wildman–Crippen LogP) is 5.45. The molecule has 3 aromatic rings. The van der Waals surface area contributed by atoms with Gasteiger partial charge in [0.25, 0.3) is 5.91 Å². The summed E-state index contributed by atoms with van der Waals surface area (Å²) in [6.07, 6.45) is -3.06. The summed E-state index contributed by atoms with van der Waals surface area (Å²) in [6.45, 7) is 2.01. The van der Waals surface area contributed by atoms with Crippen LogP contribution in [0.2, 0.25) is 0 Å². The number of alkyl halides is 3. The highest BCUT2D eigenvalue weighted by Crippen LogP contribution is 2.29. The Morgan fingerprint density at radius 3 is 2.52 bits per heavy atom. The molecule has 0 saturated carbocycles. The van der Waals surface area contributed by atoms with Crippen molar-refractivity contribution in [2.75, 3.05) is 11.9 Å². The lowest BCUT2D eigenvalue weighted by Gasteiger charge is -2.14. The number of aromatic nitrogens is 2. The lowest BCUT2D eigenvalue weighted by atomic mass is 10.2. The van der Waals surface area contributed by atoms with Gasteiger partial charge in [-0.15, -0.1) is 0 Å². The van der Waals surface area contributed by atoms with Crippen molar-refractivity contribution in [2.45, 2.75) is 20.0 Å². The van der Waals surface area contributed by atoms with Gasteiger partial charge in [0.15, 0.2) is 6.61 Å². The summed E-state index contributed by atoms with van der Waals surface area (Å²) >= 11 is 3.36. The molecule has 2 aromatic carbocycles. The Morgan fingerprint density at radius 2 is 1.86 bits per heavy atom. The fourth-order valence-electron chi connectivity index (χ4n) is 2.68. The number of ether oxygens (including phenoxy) is 1. The molecule has 0 aliphatic rings. The Kier molecular flexibility index (Phi) is 5.97. The van der Waals surface area contributed by atoms with Crippen LogP contribution in [0.4, 0.5) is 18.9 Å². The van der Waals surface area contributed by atoms with Crippen LogP contribution >= 0.6 is 15.9 Å². The fraction of sp³-hybridized carbons (Fsp3) is 0.200. The smallest absolute Gasteiger partial charge is 0.422 e. The first kappa shape index (κ1) is 20.9. The Labute approximate surface area is 173 Å². The van der Waals surface area contributed by atoms with Crippen molar-refractivity contribution < 1.29 is 22.7 Å². The Hall–Kier alpha value is -2.81. The van der Waals surface area contributed by atoms with Crippen molar-refractivity contribution in [3.63, 3.8) is 0 Å². The summed E-state index contributed by atoms with van der Waals surface area (Å²) in [7, 11) is 0. The molecule has 1 amide bonds. The molecule has 1 aromatic heterocycles. The average molecular weight is 468 g/mol. The summed E-state index contributed by atoms with van der Waals surface area (Å²) in [5.41, 5.74) is 2.53. The summed E-state index contributed by atoms with van der Waals surface area (Å²) in [5.74, 6) is -0.541. The van der Waals surface area contributed by atoms with E-state index in [0.29, 0.717) is 16.8 Å². The van der Waals surface area contributed by atoms with E-state index < -0.39 is 18.7 Å². The van der Waals surface area contributed by atoms with E-state index in [9.17, 15) is 18.0 Å². The zero-order valence-electron chi connectivity index (χ0n) is 15.5. The molecule has 0 atom stereocenters. The van der Waals surface area contributed by atoms with Crippen LogP contribution in [-0.2, 0) is 0 Å². The van der Waals surface area contributed by atoms with Crippen molar-refractivity contribution in [3.8, 4) is 11.4 Å². The van der Waals surface area contributed by atoms with Gasteiger partial charge >= 0.3 is 6.18 Å². The number of hydrogen-bond donors (Lipinski definition) is 1. The minimum absolute atomic E-state index is 0.0476. The number of benzene rings is 2. The number of nitrogens with one attached hydrogen (secondary N) is 1. The maximum absolute atomic E-state index is 12.7. The number of rotatable bonds is 5. The molecule has 9 heteroatoms. The molecule has 5 nitrogen and oxygen atoms in total. The van der Waals surface area contributed by atoms with Crippen LogP contribution in [0.3, 0.4) is 0 Å². The topological polar surface area (TPSA) is 56.2 Å². The highest BCUT2D eigenvalue weighted by Gasteiger charge is 2.29. The largest absolute Gasteiger partial charge is 0.482 e. The Bertz CT molecular complexity index is 1030. The summed E-state index contributed by atoms with van der Waals surface area (Å²) in [5, 5.41) is 6.86. The third-order valence-electron chi connectivity index (χ3n) is 4.10. The molecule has 29 heavy (non-hydrogen) atoms. The number of carbonyl (C=O) groups excluding carboxylic acids is 1. The van der Waals surface area contributed by atoms with Gasteiger partial charge in [0.2, 0.25) is 0 Å². The maximum atomic E-state index is 12.7. The normalized spacial score (nSPS) is 11.4. The van der Waals surface area contributed by atoms with Gasteiger partial charge in [0.1, 0.15) is 5.75 Å². The first-order chi connectivity index (χ1) is 13.6. The van der Waals surface area contributed by atoms with Gasteiger partial charge in [-0.25, -0.2) is 4.68 Å². The van der Waals surface area contributed by atoms with Gasteiger partial charge in [0, 0.05) is 4.47 Å². The van der Waals surface area contributed by atoms with Gasteiger partial charge < -0.3 is 10.1 Å². The number of aryl methyl sites for hydroxylation is 1. The molecule has 0 unspecified atom stereocenters. The number of halogens is 4. The zero-order chi connectivity index (χ0) is 21.2. The van der Waals surface area contributed by atoms with Crippen LogP contribution in [0.15, 0.2) is 53.1 Å². The van der Waals surface area contributed by atoms with Crippen LogP contribution in [0.1, 0.15) is 21.6 Å². The van der Waals surface area contributed by atoms with Crippen molar-refractivity contribution >= 4 is 27.5 Å². The molecular weight excluding hydrogens is 451 g/mol. The van der Waals surface area contributed by atoms with Gasteiger partial charge in [0.05, 0.1) is 28.8 Å². The van der Waals surface area contributed by atoms with Crippen LogP contribution < -0.4 is 10.1 Å². The molecule has 0 saturated heterocycles. The third-order valence-corrected chi connectivity index (χ3v) is 4.63. The van der Waals surface area contributed by atoms with E-state index in [1.807, 2.05) is 24.3 Å². The Balaban J connectivity index is 1.83. The van der Waals surface area contributed by atoms with Crippen LogP contribution in [-0.4, -0.2) is 28.5 Å². The number of amides is 1. The molecule has 1 heterocycles. The summed E-state index contributed by atoms with van der Waals surface area (Å²) in [4.78, 5) is 12.7. The van der Waals surface area contributed by atoms with Gasteiger partial charge in [-0.1, -0.05) is 22.0 Å². The molecule has 1 N–H and O–H groups in total. The predicted molar refractivity (Wildman–Crippen MR) is 107 cm³/mol. The van der Waals surface area contributed by atoms with Crippen molar-refractivity contribution in [2.24, 2.45) is 0 Å². The van der Waals surface area contributed by atoms with E-state index in [2.05, 4.69) is 26.3 Å². The number of hydrogen-bond acceptors (Lipinski definition) is 3. The van der Waals surface area contributed by atoms with E-state index in [4.69, 9.17) is 4.74 Å². The number of nitrogens with zero attached hydrogens (tertiary/aromatic N) is 2. The molecule has 0 aliphatic carbocycles. The molecule has 0 fully saturated rings. The van der Waals surface area contributed by atoms with Crippen molar-refractivity contribution in [3.05, 3.63) is 70.0 Å². The summed E-state index contributed by atoms with van der Waals surface area (Å²) < 4.78 is 44.9. The lowest BCUT2D eigenvalue weighted by Crippen LogP contribution is -2.20. The SMILES string of the molecule is Cc1ccc(NC(=O)c2cnn(-c3ccc(Br)cc3)c2C)c(OCC(F)(F)F)c1. The number of anilines is 1. The zero-order valence-corrected chi connectivity index (χ0v) is 17.1. The van der Waals surface area contributed by atoms with E-state index in [1.165, 1.54) is 18.3 Å². The first-order valence-corrected chi connectivity index (χ1v) is 9.35. The van der Waals surface area contributed by atoms with E-state index >= 15 is 0 Å². The highest BCUT2D eigenvalue weighted by molar-refractivity contribution is 9.10. The van der Waals surface area contributed by atoms with Crippen LogP contribution in [0.5, 0.6) is 5.75 Å². The first-order valence-electron chi connectivity index (χ1n) is 8.56. The molecule has 152 valence electrons. The second-order valence-electron chi connectivity index (χ2n) is 6.39. The molecule has 3 rings (SSSR count). The lowest BCUT2D eigenvalue weighted by molar-refractivity contribution is -0.153. The van der Waals surface area contributed by atoms with Crippen LogP contribution in [0, 0.1) is 13.8 Å².